The lowest BCUT2D eigenvalue weighted by Crippen LogP contribution is -2.42. The van der Waals surface area contributed by atoms with E-state index in [-0.39, 0.29) is 17.6 Å². The van der Waals surface area contributed by atoms with E-state index in [9.17, 15) is 9.59 Å². The number of carbonyl (C=O) groups is 2. The van der Waals surface area contributed by atoms with Crippen LogP contribution in [0.15, 0.2) is 55.0 Å². The van der Waals surface area contributed by atoms with Crippen molar-refractivity contribution in [3.63, 3.8) is 0 Å². The second-order valence-corrected chi connectivity index (χ2v) is 6.67. The number of hydrogen-bond acceptors (Lipinski definition) is 4. The molecular formula is C20H20N4O2. The Balaban J connectivity index is 1.45. The highest BCUT2D eigenvalue weighted by molar-refractivity contribution is 5.93. The van der Waals surface area contributed by atoms with Crippen molar-refractivity contribution >= 4 is 17.5 Å². The molecule has 0 radical (unpaired) electrons. The van der Waals surface area contributed by atoms with Crippen molar-refractivity contribution in [3.05, 3.63) is 66.2 Å². The molecule has 0 saturated carbocycles. The average Bonchev–Trinajstić information content (AvgIpc) is 3.12. The summed E-state index contributed by atoms with van der Waals surface area (Å²) >= 11 is 0. The van der Waals surface area contributed by atoms with Gasteiger partial charge in [-0.1, -0.05) is 30.3 Å². The molecule has 1 fully saturated rings. The molecule has 2 aromatic heterocycles. The minimum Gasteiger partial charge on any atom is -0.337 e. The summed E-state index contributed by atoms with van der Waals surface area (Å²) in [6, 6.07) is 11.6. The average molecular weight is 348 g/mol. The second-order valence-electron chi connectivity index (χ2n) is 6.67. The lowest BCUT2D eigenvalue weighted by molar-refractivity contribution is -0.123. The largest absolute Gasteiger partial charge is 0.337 e. The third kappa shape index (κ3) is 3.35. The van der Waals surface area contributed by atoms with Crippen LogP contribution in [0.4, 0.5) is 0 Å². The summed E-state index contributed by atoms with van der Waals surface area (Å²) in [6.45, 7) is 1.13. The number of fused-ring (bicyclic) bond motifs is 1. The van der Waals surface area contributed by atoms with Crippen LogP contribution in [0.3, 0.4) is 0 Å². The van der Waals surface area contributed by atoms with Crippen LogP contribution in [0, 0.1) is 5.92 Å². The van der Waals surface area contributed by atoms with Crippen LogP contribution in [0.25, 0.3) is 5.78 Å². The number of Topliss-reactive ketones (excluding diaryl/α,β-unsaturated/α-hetero) is 1. The number of hydrogen-bond donors (Lipinski definition) is 0. The normalized spacial score (nSPS) is 17.4. The highest BCUT2D eigenvalue weighted by atomic mass is 16.2. The van der Waals surface area contributed by atoms with Gasteiger partial charge in [0, 0.05) is 44.0 Å². The van der Waals surface area contributed by atoms with Gasteiger partial charge in [-0.25, -0.2) is 9.97 Å². The first-order chi connectivity index (χ1) is 12.7. The van der Waals surface area contributed by atoms with Gasteiger partial charge in [-0.05, 0) is 24.5 Å². The maximum atomic E-state index is 12.8. The molecule has 132 valence electrons. The van der Waals surface area contributed by atoms with Gasteiger partial charge in [-0.15, -0.1) is 0 Å². The van der Waals surface area contributed by atoms with Crippen molar-refractivity contribution in [1.82, 2.24) is 19.3 Å². The summed E-state index contributed by atoms with van der Waals surface area (Å²) in [4.78, 5) is 35.6. The Bertz CT molecular complexity index is 902. The summed E-state index contributed by atoms with van der Waals surface area (Å²) in [5.41, 5.74) is 1.40. The van der Waals surface area contributed by atoms with Crippen molar-refractivity contribution in [2.75, 3.05) is 13.1 Å². The van der Waals surface area contributed by atoms with Crippen LogP contribution in [0.2, 0.25) is 0 Å². The maximum Gasteiger partial charge on any atom is 0.274 e. The molecule has 1 saturated heterocycles. The highest BCUT2D eigenvalue weighted by Gasteiger charge is 2.29. The number of amides is 1. The molecule has 6 heteroatoms. The van der Waals surface area contributed by atoms with Crippen molar-refractivity contribution in [3.8, 4) is 0 Å². The van der Waals surface area contributed by atoms with E-state index in [1.165, 1.54) is 0 Å². The Morgan fingerprint density at radius 3 is 2.81 bits per heavy atom. The number of rotatable bonds is 4. The fourth-order valence-electron chi connectivity index (χ4n) is 3.46. The van der Waals surface area contributed by atoms with Crippen molar-refractivity contribution < 1.29 is 9.59 Å². The number of imidazole rings is 1. The van der Waals surface area contributed by atoms with E-state index in [1.54, 1.807) is 27.8 Å². The molecule has 26 heavy (non-hydrogen) atoms. The molecule has 1 atom stereocenters. The predicted octanol–water partition coefficient (Wildman–Crippen LogP) is 2.39. The minimum absolute atomic E-state index is 0.108. The molecule has 0 spiro atoms. The molecular weight excluding hydrogens is 328 g/mol. The van der Waals surface area contributed by atoms with Crippen LogP contribution >= 0.6 is 0 Å². The van der Waals surface area contributed by atoms with Gasteiger partial charge in [0.05, 0.1) is 0 Å². The Morgan fingerprint density at radius 2 is 2.00 bits per heavy atom. The molecule has 3 aromatic rings. The van der Waals surface area contributed by atoms with Crippen LogP contribution < -0.4 is 0 Å². The topological polar surface area (TPSA) is 67.6 Å². The first-order valence-electron chi connectivity index (χ1n) is 8.86. The first-order valence-corrected chi connectivity index (χ1v) is 8.86. The van der Waals surface area contributed by atoms with Gasteiger partial charge in [-0.2, -0.15) is 0 Å². The number of ketones is 1. The second kappa shape index (κ2) is 7.07. The van der Waals surface area contributed by atoms with Gasteiger partial charge in [0.15, 0.2) is 0 Å². The molecule has 3 heterocycles. The number of carbonyl (C=O) groups excluding carboxylic acids is 2. The fraction of sp³-hybridized carbons (Fsp3) is 0.300. The SMILES string of the molecule is O=C(Cc1ccccc1)[C@@H]1CCCN(C(=O)c2cn3cccnc3n2)C1. The summed E-state index contributed by atoms with van der Waals surface area (Å²) < 4.78 is 1.73. The van der Waals surface area contributed by atoms with Crippen molar-refractivity contribution in [2.24, 2.45) is 5.92 Å². The molecule has 1 aromatic carbocycles. The van der Waals surface area contributed by atoms with Crippen LogP contribution in [0.1, 0.15) is 28.9 Å². The van der Waals surface area contributed by atoms with Gasteiger partial charge in [0.1, 0.15) is 11.5 Å². The van der Waals surface area contributed by atoms with Gasteiger partial charge >= 0.3 is 0 Å². The summed E-state index contributed by atoms with van der Waals surface area (Å²) in [5.74, 6) is 0.464. The smallest absolute Gasteiger partial charge is 0.274 e. The highest BCUT2D eigenvalue weighted by Crippen LogP contribution is 2.21. The summed E-state index contributed by atoms with van der Waals surface area (Å²) in [7, 11) is 0. The van der Waals surface area contributed by atoms with E-state index in [1.807, 2.05) is 36.5 Å². The molecule has 0 unspecified atom stereocenters. The zero-order valence-corrected chi connectivity index (χ0v) is 14.4. The number of nitrogens with zero attached hydrogens (tertiary/aromatic N) is 4. The van der Waals surface area contributed by atoms with E-state index >= 15 is 0 Å². The standard InChI is InChI=1S/C20H20N4O2/c25-18(12-15-6-2-1-3-7-15)16-8-4-10-23(13-16)19(26)17-14-24-11-5-9-21-20(24)22-17/h1-3,5-7,9,11,14,16H,4,8,10,12-13H2/t16-/m1/s1. The zero-order chi connectivity index (χ0) is 17.9. The molecule has 6 nitrogen and oxygen atoms in total. The Hall–Kier alpha value is -3.02. The Kier molecular flexibility index (Phi) is 4.48. The van der Waals surface area contributed by atoms with Gasteiger partial charge in [0.2, 0.25) is 5.78 Å². The molecule has 1 aliphatic rings. The molecule has 4 rings (SSSR count). The van der Waals surface area contributed by atoms with E-state index in [0.717, 1.165) is 18.4 Å². The molecule has 0 bridgehead atoms. The third-order valence-corrected chi connectivity index (χ3v) is 4.84. The molecule has 1 aliphatic heterocycles. The fourth-order valence-corrected chi connectivity index (χ4v) is 3.46. The Morgan fingerprint density at radius 1 is 1.15 bits per heavy atom. The van der Waals surface area contributed by atoms with Crippen LogP contribution in [-0.2, 0) is 11.2 Å². The predicted molar refractivity (Wildman–Crippen MR) is 96.8 cm³/mol. The molecule has 0 N–H and O–H groups in total. The number of piperidine rings is 1. The maximum absolute atomic E-state index is 12.8. The van der Waals surface area contributed by atoms with Gasteiger partial charge in [-0.3, -0.25) is 14.0 Å². The lowest BCUT2D eigenvalue weighted by Gasteiger charge is -2.31. The van der Waals surface area contributed by atoms with Crippen molar-refractivity contribution in [1.29, 1.82) is 0 Å². The number of aromatic nitrogens is 3. The first kappa shape index (κ1) is 16.4. The quantitative estimate of drug-likeness (QED) is 0.726. The Labute approximate surface area is 151 Å². The summed E-state index contributed by atoms with van der Waals surface area (Å²) in [5, 5.41) is 0. The lowest BCUT2D eigenvalue weighted by atomic mass is 9.90. The van der Waals surface area contributed by atoms with E-state index < -0.39 is 0 Å². The van der Waals surface area contributed by atoms with E-state index in [0.29, 0.717) is 31.0 Å². The molecule has 0 aliphatic carbocycles. The van der Waals surface area contributed by atoms with Crippen molar-refractivity contribution in [2.45, 2.75) is 19.3 Å². The van der Waals surface area contributed by atoms with Gasteiger partial charge < -0.3 is 4.90 Å². The number of benzene rings is 1. The number of likely N-dealkylation sites (tertiary alicyclic amines) is 1. The summed E-state index contributed by atoms with van der Waals surface area (Å²) in [6.07, 6.45) is 7.25. The van der Waals surface area contributed by atoms with Gasteiger partial charge in [0.25, 0.3) is 5.91 Å². The zero-order valence-electron chi connectivity index (χ0n) is 14.4. The minimum atomic E-state index is -0.132. The monoisotopic (exact) mass is 348 g/mol. The molecule has 1 amide bonds. The van der Waals surface area contributed by atoms with E-state index in [2.05, 4.69) is 9.97 Å². The van der Waals surface area contributed by atoms with Crippen LogP contribution in [-0.4, -0.2) is 44.0 Å². The third-order valence-electron chi connectivity index (χ3n) is 4.84. The van der Waals surface area contributed by atoms with Crippen LogP contribution in [0.5, 0.6) is 0 Å². The van der Waals surface area contributed by atoms with E-state index in [4.69, 9.17) is 0 Å².